The number of unbranched alkanes of at least 4 members (excludes halogenated alkanes) is 1. The fourth-order valence-corrected chi connectivity index (χ4v) is 3.57. The predicted octanol–water partition coefficient (Wildman–Crippen LogP) is 3.79. The molecule has 0 unspecified atom stereocenters. The summed E-state index contributed by atoms with van der Waals surface area (Å²) in [7, 11) is 0. The van der Waals surface area contributed by atoms with E-state index in [-0.39, 0.29) is 5.56 Å². The van der Waals surface area contributed by atoms with E-state index in [1.807, 2.05) is 19.1 Å². The van der Waals surface area contributed by atoms with Gasteiger partial charge in [-0.2, -0.15) is 9.61 Å². The second kappa shape index (κ2) is 7.40. The van der Waals surface area contributed by atoms with Crippen LogP contribution in [0, 0.1) is 6.92 Å². The number of halogens is 1. The van der Waals surface area contributed by atoms with Crippen LogP contribution in [-0.4, -0.2) is 24.9 Å². The maximum Gasteiger partial charge on any atom is 0.274 e. The average Bonchev–Trinajstić information content (AvgIpc) is 2.98. The number of aryl methyl sites for hydroxylation is 1. The molecule has 3 heterocycles. The van der Waals surface area contributed by atoms with Gasteiger partial charge in [0.25, 0.3) is 5.56 Å². The quantitative estimate of drug-likeness (QED) is 0.380. The fraction of sp³-hybridized carbons (Fsp3) is 0.353. The lowest BCUT2D eigenvalue weighted by Crippen LogP contribution is -2.20. The van der Waals surface area contributed by atoms with Crippen LogP contribution in [0.25, 0.3) is 5.65 Å². The summed E-state index contributed by atoms with van der Waals surface area (Å²) >= 11 is 7.54. The van der Waals surface area contributed by atoms with Crippen molar-refractivity contribution in [3.05, 3.63) is 57.2 Å². The van der Waals surface area contributed by atoms with Crippen molar-refractivity contribution in [3.63, 3.8) is 0 Å². The van der Waals surface area contributed by atoms with Crippen molar-refractivity contribution < 1.29 is 0 Å². The first-order valence-corrected chi connectivity index (χ1v) is 9.28. The van der Waals surface area contributed by atoms with Crippen molar-refractivity contribution in [2.75, 3.05) is 5.75 Å². The highest BCUT2D eigenvalue weighted by atomic mass is 35.5. The summed E-state index contributed by atoms with van der Waals surface area (Å²) in [5, 5.41) is 5.81. The van der Waals surface area contributed by atoms with Crippen LogP contribution < -0.4 is 5.56 Å². The van der Waals surface area contributed by atoms with Crippen LogP contribution in [-0.2, 0) is 6.54 Å². The third kappa shape index (κ3) is 3.65. The summed E-state index contributed by atoms with van der Waals surface area (Å²) in [5.41, 5.74) is 2.62. The van der Waals surface area contributed by atoms with Gasteiger partial charge in [0.2, 0.25) is 0 Å². The first kappa shape index (κ1) is 17.0. The molecule has 0 amide bonds. The lowest BCUT2D eigenvalue weighted by atomic mass is 10.2. The summed E-state index contributed by atoms with van der Waals surface area (Å²) in [6.07, 6.45) is 4.04. The van der Waals surface area contributed by atoms with E-state index in [0.29, 0.717) is 11.7 Å². The third-order valence-electron chi connectivity index (χ3n) is 3.79. The van der Waals surface area contributed by atoms with E-state index in [9.17, 15) is 4.79 Å². The first-order chi connectivity index (χ1) is 11.6. The number of aromatic nitrogens is 4. The molecule has 3 aromatic rings. The Morgan fingerprint density at radius 1 is 1.29 bits per heavy atom. The van der Waals surface area contributed by atoms with Crippen LogP contribution >= 0.6 is 23.4 Å². The molecule has 0 aliphatic rings. The van der Waals surface area contributed by atoms with Gasteiger partial charge >= 0.3 is 0 Å². The van der Waals surface area contributed by atoms with Crippen LogP contribution in [0.4, 0.5) is 0 Å². The standard InChI is InChI=1S/C17H19ClN4OS/c1-3-4-7-24-15-9-16-21(11-13-5-6-14(18)19-10-13)12(2)8-17(23)22(16)20-15/h5-6,8-10H,3-4,7,11H2,1-2H3. The van der Waals surface area contributed by atoms with E-state index in [2.05, 4.69) is 21.6 Å². The molecule has 0 atom stereocenters. The van der Waals surface area contributed by atoms with Crippen LogP contribution in [0.5, 0.6) is 0 Å². The van der Waals surface area contributed by atoms with Crippen molar-refractivity contribution in [2.45, 2.75) is 38.3 Å². The van der Waals surface area contributed by atoms with E-state index in [4.69, 9.17) is 11.6 Å². The summed E-state index contributed by atoms with van der Waals surface area (Å²) in [5.74, 6) is 1.01. The molecule has 0 N–H and O–H groups in total. The van der Waals surface area contributed by atoms with Crippen molar-refractivity contribution in [1.29, 1.82) is 0 Å². The number of fused-ring (bicyclic) bond motifs is 1. The SMILES string of the molecule is CCCCSc1cc2n(Cc3ccc(Cl)nc3)c(C)cc(=O)n2n1. The Hall–Kier alpha value is -1.79. The minimum Gasteiger partial charge on any atom is -0.326 e. The molecule has 0 saturated heterocycles. The Kier molecular flexibility index (Phi) is 5.26. The third-order valence-corrected chi connectivity index (χ3v) is 5.00. The highest BCUT2D eigenvalue weighted by Crippen LogP contribution is 2.20. The van der Waals surface area contributed by atoms with Gasteiger partial charge < -0.3 is 4.57 Å². The Morgan fingerprint density at radius 2 is 2.12 bits per heavy atom. The second-order valence-corrected chi connectivity index (χ2v) is 7.16. The summed E-state index contributed by atoms with van der Waals surface area (Å²) in [6.45, 7) is 4.71. The molecular weight excluding hydrogens is 344 g/mol. The highest BCUT2D eigenvalue weighted by Gasteiger charge is 2.11. The number of hydrogen-bond acceptors (Lipinski definition) is 4. The molecule has 0 aliphatic carbocycles. The van der Waals surface area contributed by atoms with E-state index < -0.39 is 0 Å². The van der Waals surface area contributed by atoms with Crippen LogP contribution in [0.2, 0.25) is 5.15 Å². The Labute approximate surface area is 149 Å². The zero-order valence-corrected chi connectivity index (χ0v) is 15.3. The second-order valence-electron chi connectivity index (χ2n) is 5.65. The maximum atomic E-state index is 12.2. The van der Waals surface area contributed by atoms with Crippen LogP contribution in [0.15, 0.2) is 40.3 Å². The van der Waals surface area contributed by atoms with E-state index in [1.54, 1.807) is 30.1 Å². The van der Waals surface area contributed by atoms with E-state index >= 15 is 0 Å². The number of nitrogens with zero attached hydrogens (tertiary/aromatic N) is 4. The monoisotopic (exact) mass is 362 g/mol. The Morgan fingerprint density at radius 3 is 2.83 bits per heavy atom. The molecule has 126 valence electrons. The summed E-state index contributed by atoms with van der Waals surface area (Å²) in [6, 6.07) is 7.31. The predicted molar refractivity (Wildman–Crippen MR) is 98.2 cm³/mol. The largest absolute Gasteiger partial charge is 0.326 e. The molecule has 5 nitrogen and oxygen atoms in total. The molecule has 0 aromatic carbocycles. The van der Waals surface area contributed by atoms with Gasteiger partial charge in [-0.15, -0.1) is 11.8 Å². The zero-order valence-electron chi connectivity index (χ0n) is 13.7. The zero-order chi connectivity index (χ0) is 17.1. The van der Waals surface area contributed by atoms with Crippen molar-refractivity contribution in [3.8, 4) is 0 Å². The van der Waals surface area contributed by atoms with E-state index in [0.717, 1.165) is 40.5 Å². The summed E-state index contributed by atoms with van der Waals surface area (Å²) < 4.78 is 3.55. The number of pyridine rings is 1. The molecule has 24 heavy (non-hydrogen) atoms. The molecule has 0 saturated carbocycles. The Bertz CT molecular complexity index is 901. The minimum absolute atomic E-state index is 0.102. The smallest absolute Gasteiger partial charge is 0.274 e. The Balaban J connectivity index is 1.99. The van der Waals surface area contributed by atoms with Crippen LogP contribution in [0.1, 0.15) is 31.0 Å². The van der Waals surface area contributed by atoms with Gasteiger partial charge in [0.15, 0.2) is 0 Å². The van der Waals surface area contributed by atoms with Crippen molar-refractivity contribution in [1.82, 2.24) is 19.2 Å². The molecule has 3 rings (SSSR count). The lowest BCUT2D eigenvalue weighted by Gasteiger charge is -2.12. The average molecular weight is 363 g/mol. The molecule has 7 heteroatoms. The lowest BCUT2D eigenvalue weighted by molar-refractivity contribution is 0.731. The van der Waals surface area contributed by atoms with Gasteiger partial charge in [-0.3, -0.25) is 4.79 Å². The topological polar surface area (TPSA) is 52.2 Å². The summed E-state index contributed by atoms with van der Waals surface area (Å²) in [4.78, 5) is 16.4. The number of thioether (sulfide) groups is 1. The van der Waals surface area contributed by atoms with Gasteiger partial charge in [-0.05, 0) is 30.7 Å². The fourth-order valence-electron chi connectivity index (χ4n) is 2.48. The van der Waals surface area contributed by atoms with Crippen LogP contribution in [0.3, 0.4) is 0 Å². The molecule has 0 bridgehead atoms. The van der Waals surface area contributed by atoms with Gasteiger partial charge in [-0.25, -0.2) is 4.98 Å². The normalized spacial score (nSPS) is 11.3. The molecule has 0 aliphatic heterocycles. The first-order valence-electron chi connectivity index (χ1n) is 7.92. The molecule has 0 spiro atoms. The van der Waals surface area contributed by atoms with Gasteiger partial charge in [0.1, 0.15) is 15.8 Å². The van der Waals surface area contributed by atoms with Crippen molar-refractivity contribution in [2.24, 2.45) is 0 Å². The molecule has 0 fully saturated rings. The maximum absolute atomic E-state index is 12.2. The van der Waals surface area contributed by atoms with Gasteiger partial charge in [-0.1, -0.05) is 31.0 Å². The van der Waals surface area contributed by atoms with E-state index in [1.165, 1.54) is 4.52 Å². The van der Waals surface area contributed by atoms with Crippen molar-refractivity contribution >= 4 is 29.0 Å². The van der Waals surface area contributed by atoms with Gasteiger partial charge in [0, 0.05) is 24.0 Å². The molecule has 0 radical (unpaired) electrons. The molecule has 3 aromatic heterocycles. The minimum atomic E-state index is -0.102. The molecular formula is C17H19ClN4OS. The highest BCUT2D eigenvalue weighted by molar-refractivity contribution is 7.99. The van der Waals surface area contributed by atoms with Gasteiger partial charge in [0.05, 0.1) is 6.54 Å². The number of rotatable bonds is 6. The number of hydrogen-bond donors (Lipinski definition) is 0.